The van der Waals surface area contributed by atoms with Crippen LogP contribution in [-0.2, 0) is 19.4 Å². The van der Waals surface area contributed by atoms with Crippen LogP contribution in [0.4, 0.5) is 0 Å². The number of benzene rings is 1. The fourth-order valence-corrected chi connectivity index (χ4v) is 3.73. The molecule has 8 heteroatoms. The van der Waals surface area contributed by atoms with E-state index < -0.39 is 0 Å². The summed E-state index contributed by atoms with van der Waals surface area (Å²) >= 11 is 1.53. The van der Waals surface area contributed by atoms with E-state index in [1.807, 2.05) is 29.6 Å². The zero-order chi connectivity index (χ0) is 19.2. The Morgan fingerprint density at radius 2 is 2.00 bits per heavy atom. The van der Waals surface area contributed by atoms with Crippen LogP contribution >= 0.6 is 11.3 Å². The predicted molar refractivity (Wildman–Crippen MR) is 108 cm³/mol. The number of nitrogens with zero attached hydrogens (tertiary/aromatic N) is 4. The topological polar surface area (TPSA) is 96.5 Å². The number of unbranched alkanes of at least 4 members (excludes halogenated alkanes) is 1. The molecule has 4 rings (SSSR count). The number of nitrogens with one attached hydrogen (secondary N) is 2. The summed E-state index contributed by atoms with van der Waals surface area (Å²) in [6.45, 7) is 0.367. The molecule has 0 saturated carbocycles. The summed E-state index contributed by atoms with van der Waals surface area (Å²) in [4.78, 5) is 32.6. The molecule has 28 heavy (non-hydrogen) atoms. The molecule has 1 aromatic carbocycles. The largest absolute Gasteiger partial charge is 0.345 e. The molecular formula is C20H20N6OS. The van der Waals surface area contributed by atoms with Gasteiger partial charge >= 0.3 is 0 Å². The van der Waals surface area contributed by atoms with Gasteiger partial charge in [0.2, 0.25) is 0 Å². The number of hydrogen-bond acceptors (Lipinski definition) is 6. The van der Waals surface area contributed by atoms with Gasteiger partial charge in [-0.1, -0.05) is 12.1 Å². The molecule has 0 spiro atoms. The van der Waals surface area contributed by atoms with Crippen molar-refractivity contribution in [1.82, 2.24) is 30.2 Å². The molecule has 3 aromatic heterocycles. The summed E-state index contributed by atoms with van der Waals surface area (Å²) in [6.07, 6.45) is 6.92. The minimum absolute atomic E-state index is 0.177. The molecule has 142 valence electrons. The van der Waals surface area contributed by atoms with Crippen LogP contribution in [0.1, 0.15) is 39.9 Å². The Balaban J connectivity index is 1.22. The lowest BCUT2D eigenvalue weighted by Crippen LogP contribution is -2.23. The summed E-state index contributed by atoms with van der Waals surface area (Å²) in [5.41, 5.74) is 3.32. The van der Waals surface area contributed by atoms with E-state index in [4.69, 9.17) is 0 Å². The first-order chi connectivity index (χ1) is 13.8. The number of amides is 1. The molecule has 2 N–H and O–H groups in total. The van der Waals surface area contributed by atoms with E-state index in [1.54, 1.807) is 12.3 Å². The number of imidazole rings is 1. The van der Waals surface area contributed by atoms with Gasteiger partial charge in [0.05, 0.1) is 28.3 Å². The van der Waals surface area contributed by atoms with Gasteiger partial charge < -0.3 is 10.3 Å². The Hall–Kier alpha value is -3.13. The fourth-order valence-electron chi connectivity index (χ4n) is 2.91. The zero-order valence-corrected chi connectivity index (χ0v) is 16.1. The number of carbonyl (C=O) groups is 1. The molecule has 0 bridgehead atoms. The van der Waals surface area contributed by atoms with Crippen LogP contribution in [0.2, 0.25) is 0 Å². The van der Waals surface area contributed by atoms with Crippen LogP contribution < -0.4 is 5.32 Å². The van der Waals surface area contributed by atoms with Crippen LogP contribution in [-0.4, -0.2) is 30.8 Å². The van der Waals surface area contributed by atoms with Gasteiger partial charge in [0.15, 0.2) is 0 Å². The van der Waals surface area contributed by atoms with Gasteiger partial charge in [-0.05, 0) is 37.5 Å². The fraction of sp³-hybridized carbons (Fsp3) is 0.250. The Morgan fingerprint density at radius 1 is 1.11 bits per heavy atom. The number of aryl methyl sites for hydroxylation is 2. The molecule has 1 amide bonds. The minimum atomic E-state index is -0.177. The maximum atomic E-state index is 12.2. The van der Waals surface area contributed by atoms with Crippen molar-refractivity contribution in [2.24, 2.45) is 0 Å². The number of thiazole rings is 1. The average molecular weight is 392 g/mol. The second-order valence-electron chi connectivity index (χ2n) is 6.42. The van der Waals surface area contributed by atoms with E-state index >= 15 is 0 Å². The van der Waals surface area contributed by atoms with Gasteiger partial charge in [-0.2, -0.15) is 0 Å². The maximum Gasteiger partial charge on any atom is 0.271 e. The van der Waals surface area contributed by atoms with E-state index in [1.165, 1.54) is 17.7 Å². The number of aromatic nitrogens is 5. The van der Waals surface area contributed by atoms with Crippen LogP contribution in [0, 0.1) is 0 Å². The van der Waals surface area contributed by atoms with Crippen molar-refractivity contribution in [1.29, 1.82) is 0 Å². The Morgan fingerprint density at radius 3 is 2.86 bits per heavy atom. The third-order valence-corrected chi connectivity index (χ3v) is 5.26. The molecular weight excluding hydrogens is 372 g/mol. The quantitative estimate of drug-likeness (QED) is 0.449. The van der Waals surface area contributed by atoms with Crippen molar-refractivity contribution >= 4 is 28.3 Å². The molecule has 4 aromatic rings. The van der Waals surface area contributed by atoms with Gasteiger partial charge in [-0.3, -0.25) is 4.79 Å². The molecule has 0 aliphatic carbocycles. The zero-order valence-electron chi connectivity index (χ0n) is 15.3. The molecule has 0 aliphatic rings. The SMILES string of the molecule is O=C(NCc1ccncn1)c1csc(CCCCc2nc3ccccc3[nH]2)n1. The lowest BCUT2D eigenvalue weighted by molar-refractivity contribution is 0.0946. The number of rotatable bonds is 8. The smallest absolute Gasteiger partial charge is 0.271 e. The second kappa shape index (κ2) is 8.71. The molecule has 3 heterocycles. The van der Waals surface area contributed by atoms with Crippen LogP contribution in [0.3, 0.4) is 0 Å². The van der Waals surface area contributed by atoms with Crippen LogP contribution in [0.15, 0.2) is 48.2 Å². The number of H-pyrrole nitrogens is 1. The second-order valence-corrected chi connectivity index (χ2v) is 7.36. The van der Waals surface area contributed by atoms with Crippen molar-refractivity contribution < 1.29 is 4.79 Å². The van der Waals surface area contributed by atoms with E-state index in [0.29, 0.717) is 12.2 Å². The summed E-state index contributed by atoms with van der Waals surface area (Å²) in [5, 5.41) is 5.63. The van der Waals surface area contributed by atoms with Crippen molar-refractivity contribution in [3.8, 4) is 0 Å². The monoisotopic (exact) mass is 392 g/mol. The Labute approximate surface area is 166 Å². The summed E-state index contributed by atoms with van der Waals surface area (Å²) in [5.74, 6) is 0.841. The normalized spacial score (nSPS) is 11.0. The van der Waals surface area contributed by atoms with Gasteiger partial charge in [-0.25, -0.2) is 19.9 Å². The summed E-state index contributed by atoms with van der Waals surface area (Å²) < 4.78 is 0. The van der Waals surface area contributed by atoms with E-state index in [2.05, 4.69) is 30.2 Å². The molecule has 0 unspecified atom stereocenters. The lowest BCUT2D eigenvalue weighted by Gasteiger charge is -2.01. The first-order valence-electron chi connectivity index (χ1n) is 9.19. The van der Waals surface area contributed by atoms with Crippen LogP contribution in [0.25, 0.3) is 11.0 Å². The highest BCUT2D eigenvalue weighted by Crippen LogP contribution is 2.15. The number of carbonyl (C=O) groups excluding carboxylic acids is 1. The summed E-state index contributed by atoms with van der Waals surface area (Å²) in [7, 11) is 0. The standard InChI is InChI=1S/C20H20N6OS/c27-20(22-11-14-9-10-21-13-23-14)17-12-28-19(26-17)8-4-3-7-18-24-15-5-1-2-6-16(15)25-18/h1-2,5-6,9-10,12-13H,3-4,7-8,11H2,(H,22,27)(H,24,25). The van der Waals surface area contributed by atoms with Crippen molar-refractivity contribution in [2.75, 3.05) is 0 Å². The van der Waals surface area contributed by atoms with Crippen LogP contribution in [0.5, 0.6) is 0 Å². The maximum absolute atomic E-state index is 12.2. The first kappa shape index (κ1) is 18.2. The molecule has 0 radical (unpaired) electrons. The Bertz CT molecular complexity index is 1030. The number of para-hydroxylation sites is 2. The molecule has 0 fully saturated rings. The highest BCUT2D eigenvalue weighted by atomic mass is 32.1. The van der Waals surface area contributed by atoms with Gasteiger partial charge in [0.1, 0.15) is 17.8 Å². The van der Waals surface area contributed by atoms with Gasteiger partial charge in [-0.15, -0.1) is 11.3 Å². The number of fused-ring (bicyclic) bond motifs is 1. The molecule has 0 atom stereocenters. The van der Waals surface area contributed by atoms with Crippen molar-refractivity contribution in [2.45, 2.75) is 32.2 Å². The Kier molecular flexibility index (Phi) is 5.67. The third kappa shape index (κ3) is 4.58. The van der Waals surface area contributed by atoms with E-state index in [9.17, 15) is 4.79 Å². The van der Waals surface area contributed by atoms with Crippen molar-refractivity contribution in [3.63, 3.8) is 0 Å². The lowest BCUT2D eigenvalue weighted by atomic mass is 10.2. The van der Waals surface area contributed by atoms with E-state index in [-0.39, 0.29) is 5.91 Å². The average Bonchev–Trinajstić information content (AvgIpc) is 3.37. The summed E-state index contributed by atoms with van der Waals surface area (Å²) in [6, 6.07) is 9.83. The van der Waals surface area contributed by atoms with Gasteiger partial charge in [0.25, 0.3) is 5.91 Å². The molecule has 0 aliphatic heterocycles. The third-order valence-electron chi connectivity index (χ3n) is 4.35. The minimum Gasteiger partial charge on any atom is -0.345 e. The number of aromatic amines is 1. The highest BCUT2D eigenvalue weighted by Gasteiger charge is 2.11. The predicted octanol–water partition coefficient (Wildman–Crippen LogP) is 3.30. The van der Waals surface area contributed by atoms with Gasteiger partial charge in [0, 0.05) is 18.0 Å². The molecule has 7 nitrogen and oxygen atoms in total. The number of hydrogen-bond donors (Lipinski definition) is 2. The van der Waals surface area contributed by atoms with Crippen molar-refractivity contribution in [3.05, 3.63) is 70.5 Å². The first-order valence-corrected chi connectivity index (χ1v) is 10.1. The van der Waals surface area contributed by atoms with E-state index in [0.717, 1.165) is 53.2 Å². The highest BCUT2D eigenvalue weighted by molar-refractivity contribution is 7.09. The molecule has 0 saturated heterocycles.